The first-order chi connectivity index (χ1) is 14.5. The molecular weight excluding hydrogens is 372 g/mol. The molecule has 0 saturated carbocycles. The lowest BCUT2D eigenvalue weighted by Gasteiger charge is -2.22. The van der Waals surface area contributed by atoms with Crippen molar-refractivity contribution >= 4 is 27.8 Å². The van der Waals surface area contributed by atoms with Crippen LogP contribution >= 0.6 is 0 Å². The molecule has 0 aliphatic carbocycles. The maximum atomic E-state index is 11.6. The van der Waals surface area contributed by atoms with Gasteiger partial charge in [0.2, 0.25) is 0 Å². The second-order valence-corrected chi connectivity index (χ2v) is 8.01. The molecule has 0 N–H and O–H groups in total. The first-order valence-electron chi connectivity index (χ1n) is 11.1. The summed E-state index contributed by atoms with van der Waals surface area (Å²) in [4.78, 5) is 14.0. The van der Waals surface area contributed by atoms with Crippen LogP contribution in [0.5, 0.6) is 0 Å². The van der Waals surface area contributed by atoms with Crippen molar-refractivity contribution in [3.63, 3.8) is 0 Å². The summed E-state index contributed by atoms with van der Waals surface area (Å²) in [5, 5.41) is 2.65. The summed E-state index contributed by atoms with van der Waals surface area (Å²) < 4.78 is 7.65. The number of benzene rings is 2. The molecule has 0 bridgehead atoms. The van der Waals surface area contributed by atoms with E-state index in [1.165, 1.54) is 40.2 Å². The van der Waals surface area contributed by atoms with Crippen molar-refractivity contribution in [1.82, 2.24) is 9.47 Å². The SMILES string of the molecule is C=C(C)C(=O)OCCCN(CCCC)Cc1ccc2c(c1)c1ccccc1n2CC. The van der Waals surface area contributed by atoms with Crippen LogP contribution in [-0.4, -0.2) is 35.1 Å². The van der Waals surface area contributed by atoms with Crippen molar-refractivity contribution in [1.29, 1.82) is 0 Å². The summed E-state index contributed by atoms with van der Waals surface area (Å²) in [7, 11) is 0. The Labute approximate surface area is 180 Å². The third-order valence-electron chi connectivity index (χ3n) is 5.59. The monoisotopic (exact) mass is 406 g/mol. The van der Waals surface area contributed by atoms with E-state index in [0.29, 0.717) is 12.2 Å². The van der Waals surface area contributed by atoms with Crippen LogP contribution in [0.1, 0.15) is 45.6 Å². The zero-order valence-corrected chi connectivity index (χ0v) is 18.6. The highest BCUT2D eigenvalue weighted by molar-refractivity contribution is 6.08. The zero-order valence-electron chi connectivity index (χ0n) is 18.6. The summed E-state index contributed by atoms with van der Waals surface area (Å²) in [6.07, 6.45) is 3.17. The lowest BCUT2D eigenvalue weighted by atomic mass is 10.1. The number of aryl methyl sites for hydroxylation is 1. The highest BCUT2D eigenvalue weighted by atomic mass is 16.5. The highest BCUT2D eigenvalue weighted by Gasteiger charge is 2.12. The predicted octanol–water partition coefficient (Wildman–Crippen LogP) is 5.93. The van der Waals surface area contributed by atoms with E-state index in [0.717, 1.165) is 32.6 Å². The van der Waals surface area contributed by atoms with Crippen LogP contribution in [0.2, 0.25) is 0 Å². The number of hydrogen-bond donors (Lipinski definition) is 0. The van der Waals surface area contributed by atoms with Gasteiger partial charge >= 0.3 is 5.97 Å². The summed E-state index contributed by atoms with van der Waals surface area (Å²) in [5.74, 6) is -0.298. The van der Waals surface area contributed by atoms with Crippen molar-refractivity contribution in [2.45, 2.75) is 53.1 Å². The first-order valence-corrected chi connectivity index (χ1v) is 11.1. The summed E-state index contributed by atoms with van der Waals surface area (Å²) in [6, 6.07) is 15.5. The molecule has 4 nitrogen and oxygen atoms in total. The molecule has 160 valence electrons. The number of aromatic nitrogens is 1. The van der Waals surface area contributed by atoms with E-state index in [4.69, 9.17) is 4.74 Å². The molecule has 4 heteroatoms. The molecule has 0 aliphatic rings. The van der Waals surface area contributed by atoms with Crippen molar-refractivity contribution in [3.8, 4) is 0 Å². The molecule has 0 radical (unpaired) electrons. The zero-order chi connectivity index (χ0) is 21.5. The van der Waals surface area contributed by atoms with Crippen molar-refractivity contribution < 1.29 is 9.53 Å². The lowest BCUT2D eigenvalue weighted by molar-refractivity contribution is -0.139. The Morgan fingerprint density at radius 3 is 2.50 bits per heavy atom. The average molecular weight is 407 g/mol. The lowest BCUT2D eigenvalue weighted by Crippen LogP contribution is -2.26. The molecule has 0 aliphatic heterocycles. The number of rotatable bonds is 11. The minimum Gasteiger partial charge on any atom is -0.462 e. The summed E-state index contributed by atoms with van der Waals surface area (Å²) in [6.45, 7) is 14.0. The van der Waals surface area contributed by atoms with Crippen LogP contribution in [0.25, 0.3) is 21.8 Å². The van der Waals surface area contributed by atoms with E-state index in [1.54, 1.807) is 6.92 Å². The summed E-state index contributed by atoms with van der Waals surface area (Å²) >= 11 is 0. The first kappa shape index (κ1) is 22.1. The standard InChI is InChI=1S/C26H34N2O2/c1-5-7-15-27(16-10-17-30-26(29)20(3)4)19-21-13-14-25-23(18-21)22-11-8-9-12-24(22)28(25)6-2/h8-9,11-14,18H,3,5-7,10,15-17,19H2,1-2,4H3. The van der Waals surface area contributed by atoms with E-state index < -0.39 is 0 Å². The molecule has 1 heterocycles. The molecule has 1 aromatic heterocycles. The smallest absolute Gasteiger partial charge is 0.333 e. The molecule has 30 heavy (non-hydrogen) atoms. The van der Waals surface area contributed by atoms with Crippen LogP contribution in [0.3, 0.4) is 0 Å². The van der Waals surface area contributed by atoms with E-state index in [1.807, 2.05) is 0 Å². The van der Waals surface area contributed by atoms with Crippen LogP contribution < -0.4 is 0 Å². The Kier molecular flexibility index (Phi) is 7.69. The normalized spacial score (nSPS) is 11.5. The van der Waals surface area contributed by atoms with Gasteiger partial charge in [-0.3, -0.25) is 4.90 Å². The minimum absolute atomic E-state index is 0.298. The van der Waals surface area contributed by atoms with Crippen molar-refractivity contribution in [2.75, 3.05) is 19.7 Å². The van der Waals surface area contributed by atoms with Crippen LogP contribution in [0.15, 0.2) is 54.6 Å². The fourth-order valence-corrected chi connectivity index (χ4v) is 4.03. The van der Waals surface area contributed by atoms with E-state index in [2.05, 4.69) is 72.4 Å². The van der Waals surface area contributed by atoms with Gasteiger partial charge in [-0.05, 0) is 57.0 Å². The maximum absolute atomic E-state index is 11.6. The van der Waals surface area contributed by atoms with Gasteiger partial charge < -0.3 is 9.30 Å². The third-order valence-corrected chi connectivity index (χ3v) is 5.59. The Bertz CT molecular complexity index is 1020. The quantitative estimate of drug-likeness (QED) is 0.225. The average Bonchev–Trinajstić information content (AvgIpc) is 3.07. The Morgan fingerprint density at radius 1 is 1.03 bits per heavy atom. The molecule has 0 atom stereocenters. The fraction of sp³-hybridized carbons (Fsp3) is 0.423. The molecule has 3 rings (SSSR count). The summed E-state index contributed by atoms with van der Waals surface area (Å²) in [5.41, 5.74) is 4.39. The number of unbranched alkanes of at least 4 members (excludes halogenated alkanes) is 1. The van der Waals surface area contributed by atoms with Gasteiger partial charge in [0.15, 0.2) is 0 Å². The Morgan fingerprint density at radius 2 is 1.77 bits per heavy atom. The van der Waals surface area contributed by atoms with Crippen LogP contribution in [0.4, 0.5) is 0 Å². The fourth-order valence-electron chi connectivity index (χ4n) is 4.03. The number of carbonyl (C=O) groups excluding carboxylic acids is 1. The maximum Gasteiger partial charge on any atom is 0.333 e. The van der Waals surface area contributed by atoms with Gasteiger partial charge in [0.25, 0.3) is 0 Å². The van der Waals surface area contributed by atoms with Gasteiger partial charge in [0, 0.05) is 47.0 Å². The molecule has 3 aromatic rings. The van der Waals surface area contributed by atoms with Gasteiger partial charge in [0.1, 0.15) is 0 Å². The van der Waals surface area contributed by atoms with E-state index >= 15 is 0 Å². The van der Waals surface area contributed by atoms with Gasteiger partial charge in [-0.25, -0.2) is 4.79 Å². The molecular formula is C26H34N2O2. The van der Waals surface area contributed by atoms with Crippen LogP contribution in [0, 0.1) is 0 Å². The molecule has 2 aromatic carbocycles. The van der Waals surface area contributed by atoms with Gasteiger partial charge in [-0.1, -0.05) is 44.2 Å². The largest absolute Gasteiger partial charge is 0.462 e. The number of esters is 1. The number of ether oxygens (including phenoxy) is 1. The number of hydrogen-bond acceptors (Lipinski definition) is 3. The number of para-hydroxylation sites is 1. The van der Waals surface area contributed by atoms with E-state index in [9.17, 15) is 4.79 Å². The Balaban J connectivity index is 1.74. The third kappa shape index (κ3) is 5.11. The molecule has 0 fully saturated rings. The predicted molar refractivity (Wildman–Crippen MR) is 126 cm³/mol. The minimum atomic E-state index is -0.298. The van der Waals surface area contributed by atoms with Crippen molar-refractivity contribution in [2.24, 2.45) is 0 Å². The number of carbonyl (C=O) groups is 1. The molecule has 0 spiro atoms. The van der Waals surface area contributed by atoms with Gasteiger partial charge in [0.05, 0.1) is 6.61 Å². The second-order valence-electron chi connectivity index (χ2n) is 8.01. The molecule has 0 saturated heterocycles. The number of fused-ring (bicyclic) bond motifs is 3. The molecule has 0 unspecified atom stereocenters. The Hall–Kier alpha value is -2.59. The van der Waals surface area contributed by atoms with Crippen LogP contribution in [-0.2, 0) is 22.6 Å². The van der Waals surface area contributed by atoms with Crippen molar-refractivity contribution in [3.05, 3.63) is 60.2 Å². The van der Waals surface area contributed by atoms with Gasteiger partial charge in [-0.15, -0.1) is 0 Å². The number of nitrogens with zero attached hydrogens (tertiary/aromatic N) is 2. The van der Waals surface area contributed by atoms with E-state index in [-0.39, 0.29) is 5.97 Å². The topological polar surface area (TPSA) is 34.5 Å². The highest BCUT2D eigenvalue weighted by Crippen LogP contribution is 2.30. The molecule has 0 amide bonds. The van der Waals surface area contributed by atoms with Gasteiger partial charge in [-0.2, -0.15) is 0 Å². The second kappa shape index (κ2) is 10.4.